The van der Waals surface area contributed by atoms with E-state index in [9.17, 15) is 9.90 Å². The number of aliphatic hydroxyl groups excluding tert-OH is 1. The van der Waals surface area contributed by atoms with E-state index < -0.39 is 0 Å². The molecule has 0 aliphatic heterocycles. The molecule has 1 heterocycles. The van der Waals surface area contributed by atoms with Crippen molar-refractivity contribution in [2.45, 2.75) is 26.4 Å². The molecule has 0 fully saturated rings. The van der Waals surface area contributed by atoms with E-state index in [-0.39, 0.29) is 18.1 Å². The van der Waals surface area contributed by atoms with Crippen molar-refractivity contribution in [3.63, 3.8) is 0 Å². The van der Waals surface area contributed by atoms with Gasteiger partial charge in [0.25, 0.3) is 0 Å². The number of aliphatic hydroxyl groups is 1. The molecule has 6 heteroatoms. The SMILES string of the molecule is CC(O)CC(C)CNC(=O)Nc1cnc(-c2ccccc2)nc1. The molecule has 2 amide bonds. The van der Waals surface area contributed by atoms with Gasteiger partial charge in [-0.15, -0.1) is 0 Å². The van der Waals surface area contributed by atoms with Gasteiger partial charge >= 0.3 is 6.03 Å². The Morgan fingerprint density at radius 1 is 1.17 bits per heavy atom. The summed E-state index contributed by atoms with van der Waals surface area (Å²) in [5.74, 6) is 0.819. The van der Waals surface area contributed by atoms with Crippen LogP contribution in [-0.2, 0) is 0 Å². The van der Waals surface area contributed by atoms with Gasteiger partial charge in [0.15, 0.2) is 5.82 Å². The molecule has 1 aromatic heterocycles. The molecule has 2 atom stereocenters. The second kappa shape index (κ2) is 8.24. The van der Waals surface area contributed by atoms with E-state index in [2.05, 4.69) is 20.6 Å². The van der Waals surface area contributed by atoms with E-state index in [0.717, 1.165) is 5.56 Å². The zero-order valence-corrected chi connectivity index (χ0v) is 13.4. The largest absolute Gasteiger partial charge is 0.393 e. The highest BCUT2D eigenvalue weighted by Gasteiger charge is 2.09. The molecule has 2 unspecified atom stereocenters. The average molecular weight is 314 g/mol. The Morgan fingerprint density at radius 3 is 2.43 bits per heavy atom. The summed E-state index contributed by atoms with van der Waals surface area (Å²) in [6.45, 7) is 4.21. The molecule has 2 aromatic rings. The minimum absolute atomic E-state index is 0.206. The van der Waals surface area contributed by atoms with Gasteiger partial charge in [0, 0.05) is 12.1 Å². The van der Waals surface area contributed by atoms with Crippen LogP contribution in [0.25, 0.3) is 11.4 Å². The number of urea groups is 1. The van der Waals surface area contributed by atoms with Crippen molar-refractivity contribution in [1.82, 2.24) is 15.3 Å². The number of amides is 2. The van der Waals surface area contributed by atoms with E-state index in [0.29, 0.717) is 24.5 Å². The number of nitrogens with zero attached hydrogens (tertiary/aromatic N) is 2. The predicted molar refractivity (Wildman–Crippen MR) is 90.0 cm³/mol. The zero-order chi connectivity index (χ0) is 16.7. The summed E-state index contributed by atoms with van der Waals surface area (Å²) in [6.07, 6.45) is 3.44. The topological polar surface area (TPSA) is 87.1 Å². The van der Waals surface area contributed by atoms with Crippen LogP contribution in [0.1, 0.15) is 20.3 Å². The highest BCUT2D eigenvalue weighted by atomic mass is 16.3. The quantitative estimate of drug-likeness (QED) is 0.765. The fraction of sp³-hybridized carbons (Fsp3) is 0.353. The van der Waals surface area contributed by atoms with E-state index in [1.807, 2.05) is 37.3 Å². The summed E-state index contributed by atoms with van der Waals surface area (Å²) in [4.78, 5) is 20.3. The molecule has 2 rings (SSSR count). The monoisotopic (exact) mass is 314 g/mol. The molecule has 23 heavy (non-hydrogen) atoms. The number of anilines is 1. The Kier molecular flexibility index (Phi) is 6.05. The summed E-state index contributed by atoms with van der Waals surface area (Å²) < 4.78 is 0. The Balaban J connectivity index is 1.85. The van der Waals surface area contributed by atoms with Crippen molar-refractivity contribution < 1.29 is 9.90 Å². The highest BCUT2D eigenvalue weighted by Crippen LogP contribution is 2.14. The molecule has 1 aromatic carbocycles. The summed E-state index contributed by atoms with van der Waals surface area (Å²) in [7, 11) is 0. The van der Waals surface area contributed by atoms with Gasteiger partial charge in [-0.05, 0) is 19.3 Å². The van der Waals surface area contributed by atoms with Crippen LogP contribution in [0, 0.1) is 5.92 Å². The summed E-state index contributed by atoms with van der Waals surface area (Å²) in [5.41, 5.74) is 1.46. The number of nitrogens with one attached hydrogen (secondary N) is 2. The molecule has 122 valence electrons. The Morgan fingerprint density at radius 2 is 1.83 bits per heavy atom. The van der Waals surface area contributed by atoms with Crippen LogP contribution in [0.5, 0.6) is 0 Å². The van der Waals surface area contributed by atoms with Gasteiger partial charge in [0.1, 0.15) is 0 Å². The number of carbonyl (C=O) groups excluding carboxylic acids is 1. The van der Waals surface area contributed by atoms with Gasteiger partial charge in [-0.3, -0.25) is 0 Å². The second-order valence-electron chi connectivity index (χ2n) is 5.69. The Labute approximate surface area is 136 Å². The van der Waals surface area contributed by atoms with E-state index in [4.69, 9.17) is 0 Å². The summed E-state index contributed by atoms with van der Waals surface area (Å²) in [5, 5.41) is 14.8. The molecular weight excluding hydrogens is 292 g/mol. The number of benzene rings is 1. The van der Waals surface area contributed by atoms with Crippen molar-refractivity contribution >= 4 is 11.7 Å². The number of hydrogen-bond acceptors (Lipinski definition) is 4. The molecule has 0 radical (unpaired) electrons. The van der Waals surface area contributed by atoms with Crippen LogP contribution in [0.3, 0.4) is 0 Å². The van der Waals surface area contributed by atoms with Gasteiger partial charge in [0.2, 0.25) is 0 Å². The Hall–Kier alpha value is -2.47. The number of rotatable bonds is 6. The first-order chi connectivity index (χ1) is 11.0. The molecular formula is C17H22N4O2. The van der Waals surface area contributed by atoms with Crippen LogP contribution in [0.2, 0.25) is 0 Å². The fourth-order valence-corrected chi connectivity index (χ4v) is 2.24. The van der Waals surface area contributed by atoms with Crippen LogP contribution in [0.4, 0.5) is 10.5 Å². The predicted octanol–water partition coefficient (Wildman–Crippen LogP) is 2.67. The van der Waals surface area contributed by atoms with Crippen molar-refractivity contribution in [2.24, 2.45) is 5.92 Å². The second-order valence-corrected chi connectivity index (χ2v) is 5.69. The van der Waals surface area contributed by atoms with Crippen molar-refractivity contribution in [2.75, 3.05) is 11.9 Å². The van der Waals surface area contributed by atoms with Crippen molar-refractivity contribution in [1.29, 1.82) is 0 Å². The van der Waals surface area contributed by atoms with Gasteiger partial charge in [0.05, 0.1) is 24.2 Å². The van der Waals surface area contributed by atoms with Crippen LogP contribution in [0.15, 0.2) is 42.7 Å². The maximum absolute atomic E-state index is 11.8. The summed E-state index contributed by atoms with van der Waals surface area (Å²) >= 11 is 0. The van der Waals surface area contributed by atoms with Crippen molar-refractivity contribution in [3.8, 4) is 11.4 Å². The maximum atomic E-state index is 11.8. The van der Waals surface area contributed by atoms with Crippen LogP contribution >= 0.6 is 0 Å². The first-order valence-electron chi connectivity index (χ1n) is 7.65. The third kappa shape index (κ3) is 5.67. The standard InChI is InChI=1S/C17H22N4O2/c1-12(8-13(2)22)9-20-17(23)21-15-10-18-16(19-11-15)14-6-4-3-5-7-14/h3-7,10-13,22H,8-9H2,1-2H3,(H2,20,21,23). The summed E-state index contributed by atoms with van der Waals surface area (Å²) in [6, 6.07) is 9.33. The lowest BCUT2D eigenvalue weighted by Gasteiger charge is -2.14. The van der Waals surface area contributed by atoms with Crippen LogP contribution < -0.4 is 10.6 Å². The number of carbonyl (C=O) groups is 1. The highest BCUT2D eigenvalue weighted by molar-refractivity contribution is 5.88. The first-order valence-corrected chi connectivity index (χ1v) is 7.65. The molecule has 6 nitrogen and oxygen atoms in total. The maximum Gasteiger partial charge on any atom is 0.319 e. The number of aromatic nitrogens is 2. The van der Waals surface area contributed by atoms with Gasteiger partial charge in [-0.1, -0.05) is 37.3 Å². The lowest BCUT2D eigenvalue weighted by Crippen LogP contribution is -2.33. The van der Waals surface area contributed by atoms with E-state index in [1.165, 1.54) is 0 Å². The molecule has 0 aliphatic carbocycles. The lowest BCUT2D eigenvalue weighted by molar-refractivity contribution is 0.163. The minimum atomic E-state index is -0.367. The van der Waals surface area contributed by atoms with E-state index in [1.54, 1.807) is 19.3 Å². The molecule has 0 saturated heterocycles. The van der Waals surface area contributed by atoms with Crippen molar-refractivity contribution in [3.05, 3.63) is 42.7 Å². The lowest BCUT2D eigenvalue weighted by atomic mass is 10.1. The normalized spacial score (nSPS) is 13.2. The van der Waals surface area contributed by atoms with E-state index >= 15 is 0 Å². The Bertz CT molecular complexity index is 614. The fourth-order valence-electron chi connectivity index (χ4n) is 2.24. The van der Waals surface area contributed by atoms with Gasteiger partial charge in [-0.25, -0.2) is 14.8 Å². The van der Waals surface area contributed by atoms with Gasteiger partial charge < -0.3 is 15.7 Å². The molecule has 0 spiro atoms. The number of hydrogen-bond donors (Lipinski definition) is 3. The molecule has 0 aliphatic rings. The molecule has 3 N–H and O–H groups in total. The third-order valence-electron chi connectivity index (χ3n) is 3.30. The van der Waals surface area contributed by atoms with Crippen LogP contribution in [-0.4, -0.2) is 33.8 Å². The minimum Gasteiger partial charge on any atom is -0.393 e. The zero-order valence-electron chi connectivity index (χ0n) is 13.4. The smallest absolute Gasteiger partial charge is 0.319 e. The third-order valence-corrected chi connectivity index (χ3v) is 3.30. The van der Waals surface area contributed by atoms with Gasteiger partial charge in [-0.2, -0.15) is 0 Å². The molecule has 0 saturated carbocycles. The first kappa shape index (κ1) is 16.9. The molecule has 0 bridgehead atoms. The average Bonchev–Trinajstić information content (AvgIpc) is 2.54.